The van der Waals surface area contributed by atoms with Gasteiger partial charge < -0.3 is 14.6 Å². The number of aldehydes is 1. The highest BCUT2D eigenvalue weighted by Gasteiger charge is 2.44. The number of methoxy groups -OCH3 is 2. The molecule has 20 heavy (non-hydrogen) atoms. The lowest BCUT2D eigenvalue weighted by Gasteiger charge is -2.26. The fourth-order valence-corrected chi connectivity index (χ4v) is 2.98. The molecule has 1 aliphatic rings. The van der Waals surface area contributed by atoms with Gasteiger partial charge in [0.1, 0.15) is 0 Å². The Kier molecular flexibility index (Phi) is 3.97. The highest BCUT2D eigenvalue weighted by atomic mass is 16.5. The number of hydrogen-bond acceptors (Lipinski definition) is 4. The van der Waals surface area contributed by atoms with Crippen molar-refractivity contribution in [2.75, 3.05) is 14.2 Å². The second-order valence-electron chi connectivity index (χ2n) is 5.01. The van der Waals surface area contributed by atoms with Gasteiger partial charge >= 0.3 is 5.97 Å². The first-order valence-corrected chi connectivity index (χ1v) is 6.54. The molecule has 0 unspecified atom stereocenters. The summed E-state index contributed by atoms with van der Waals surface area (Å²) in [4.78, 5) is 23.1. The molecule has 5 nitrogen and oxygen atoms in total. The Hall–Kier alpha value is -2.04. The molecule has 1 N–H and O–H groups in total. The van der Waals surface area contributed by atoms with Gasteiger partial charge in [0.25, 0.3) is 0 Å². The second-order valence-corrected chi connectivity index (χ2v) is 5.01. The number of rotatable bonds is 5. The molecule has 0 bridgehead atoms. The van der Waals surface area contributed by atoms with Crippen LogP contribution in [0.1, 0.15) is 41.6 Å². The molecule has 1 saturated carbocycles. The first kappa shape index (κ1) is 14.4. The van der Waals surface area contributed by atoms with E-state index in [1.54, 1.807) is 12.1 Å². The number of hydrogen-bond donors (Lipinski definition) is 1. The maximum absolute atomic E-state index is 11.8. The maximum Gasteiger partial charge on any atom is 0.314 e. The van der Waals surface area contributed by atoms with Crippen molar-refractivity contribution < 1.29 is 24.2 Å². The van der Waals surface area contributed by atoms with Gasteiger partial charge in [-0.25, -0.2) is 0 Å². The quantitative estimate of drug-likeness (QED) is 0.837. The van der Waals surface area contributed by atoms with Crippen molar-refractivity contribution in [1.29, 1.82) is 0 Å². The van der Waals surface area contributed by atoms with Gasteiger partial charge in [-0.1, -0.05) is 12.8 Å². The van der Waals surface area contributed by atoms with Crippen molar-refractivity contribution in [3.05, 3.63) is 23.3 Å². The van der Waals surface area contributed by atoms with Crippen LogP contribution in [0.15, 0.2) is 12.1 Å². The van der Waals surface area contributed by atoms with Crippen LogP contribution in [-0.2, 0) is 10.2 Å². The molecule has 0 amide bonds. The zero-order chi connectivity index (χ0) is 14.8. The molecule has 1 aromatic carbocycles. The van der Waals surface area contributed by atoms with E-state index < -0.39 is 11.4 Å². The lowest BCUT2D eigenvalue weighted by molar-refractivity contribution is -0.143. The molecule has 0 heterocycles. The summed E-state index contributed by atoms with van der Waals surface area (Å²) < 4.78 is 10.4. The zero-order valence-corrected chi connectivity index (χ0v) is 11.6. The zero-order valence-electron chi connectivity index (χ0n) is 11.6. The molecule has 0 aliphatic heterocycles. The molecule has 0 spiro atoms. The van der Waals surface area contributed by atoms with Gasteiger partial charge in [0, 0.05) is 5.56 Å². The summed E-state index contributed by atoms with van der Waals surface area (Å²) in [5.41, 5.74) is -0.113. The molecule has 108 valence electrons. The Morgan fingerprint density at radius 2 is 1.75 bits per heavy atom. The van der Waals surface area contributed by atoms with Crippen LogP contribution in [0.25, 0.3) is 0 Å². The molecule has 5 heteroatoms. The van der Waals surface area contributed by atoms with Crippen LogP contribution in [0.5, 0.6) is 11.5 Å². The van der Waals surface area contributed by atoms with Crippen LogP contribution in [0.2, 0.25) is 0 Å². The van der Waals surface area contributed by atoms with E-state index in [1.165, 1.54) is 14.2 Å². The van der Waals surface area contributed by atoms with Crippen molar-refractivity contribution in [2.24, 2.45) is 0 Å². The van der Waals surface area contributed by atoms with Gasteiger partial charge in [-0.15, -0.1) is 0 Å². The molecule has 2 rings (SSSR count). The predicted octanol–water partition coefficient (Wildman–Crippen LogP) is 2.41. The molecular formula is C15H18O5. The molecule has 0 aromatic heterocycles. The van der Waals surface area contributed by atoms with Crippen molar-refractivity contribution >= 4 is 12.3 Å². The summed E-state index contributed by atoms with van der Waals surface area (Å²) in [5.74, 6) is -0.0113. The number of carbonyl (C=O) groups excluding carboxylic acids is 1. The van der Waals surface area contributed by atoms with E-state index in [4.69, 9.17) is 9.47 Å². The van der Waals surface area contributed by atoms with E-state index in [0.29, 0.717) is 41.8 Å². The number of benzene rings is 1. The summed E-state index contributed by atoms with van der Waals surface area (Å²) in [7, 11) is 2.97. The van der Waals surface area contributed by atoms with E-state index in [-0.39, 0.29) is 0 Å². The Morgan fingerprint density at radius 3 is 2.20 bits per heavy atom. The van der Waals surface area contributed by atoms with Crippen molar-refractivity contribution in [3.63, 3.8) is 0 Å². The number of carbonyl (C=O) groups is 2. The van der Waals surface area contributed by atoms with E-state index in [0.717, 1.165) is 12.8 Å². The molecular weight excluding hydrogens is 260 g/mol. The molecule has 1 fully saturated rings. The normalized spacial score (nSPS) is 16.7. The summed E-state index contributed by atoms with van der Waals surface area (Å²) >= 11 is 0. The fraction of sp³-hybridized carbons (Fsp3) is 0.467. The minimum atomic E-state index is -0.990. The monoisotopic (exact) mass is 278 g/mol. The van der Waals surface area contributed by atoms with Gasteiger partial charge in [0.2, 0.25) is 0 Å². The van der Waals surface area contributed by atoms with Crippen LogP contribution < -0.4 is 9.47 Å². The summed E-state index contributed by atoms with van der Waals surface area (Å²) in [6, 6.07) is 3.17. The van der Waals surface area contributed by atoms with Gasteiger partial charge in [0.15, 0.2) is 17.8 Å². The standard InChI is InChI=1S/C15H18O5/c1-19-12-7-10(9-16)11(8-13(12)20-2)15(14(17)18)5-3-4-6-15/h7-9H,3-6H2,1-2H3,(H,17,18). The lowest BCUT2D eigenvalue weighted by Crippen LogP contribution is -2.33. The third-order valence-corrected chi connectivity index (χ3v) is 4.06. The number of aliphatic carboxylic acids is 1. The average molecular weight is 278 g/mol. The Morgan fingerprint density at radius 1 is 1.20 bits per heavy atom. The SMILES string of the molecule is COc1cc(C=O)c(C2(C(=O)O)CCCC2)cc1OC. The Bertz CT molecular complexity index is 529. The Balaban J connectivity index is 2.65. The number of ether oxygens (including phenoxy) is 2. The third kappa shape index (κ3) is 2.13. The van der Waals surface area contributed by atoms with Crippen molar-refractivity contribution in [1.82, 2.24) is 0 Å². The van der Waals surface area contributed by atoms with Crippen LogP contribution >= 0.6 is 0 Å². The van der Waals surface area contributed by atoms with Crippen LogP contribution in [0.3, 0.4) is 0 Å². The topological polar surface area (TPSA) is 72.8 Å². The van der Waals surface area contributed by atoms with E-state index in [2.05, 4.69) is 0 Å². The van der Waals surface area contributed by atoms with Crippen LogP contribution in [-0.4, -0.2) is 31.6 Å². The minimum absolute atomic E-state index is 0.354. The Labute approximate surface area is 117 Å². The van der Waals surface area contributed by atoms with Crippen molar-refractivity contribution in [3.8, 4) is 11.5 Å². The molecule has 1 aliphatic carbocycles. The van der Waals surface area contributed by atoms with Crippen molar-refractivity contribution in [2.45, 2.75) is 31.1 Å². The van der Waals surface area contributed by atoms with E-state index >= 15 is 0 Å². The van der Waals surface area contributed by atoms with E-state index in [1.807, 2.05) is 0 Å². The third-order valence-electron chi connectivity index (χ3n) is 4.06. The molecule has 0 saturated heterocycles. The van der Waals surface area contributed by atoms with E-state index in [9.17, 15) is 14.7 Å². The summed E-state index contributed by atoms with van der Waals surface area (Å²) in [6.45, 7) is 0. The average Bonchev–Trinajstić information content (AvgIpc) is 2.96. The first-order valence-electron chi connectivity index (χ1n) is 6.54. The molecule has 0 atom stereocenters. The minimum Gasteiger partial charge on any atom is -0.493 e. The van der Waals surface area contributed by atoms with Crippen LogP contribution in [0.4, 0.5) is 0 Å². The fourth-order valence-electron chi connectivity index (χ4n) is 2.98. The van der Waals surface area contributed by atoms with Gasteiger partial charge in [0.05, 0.1) is 19.6 Å². The van der Waals surface area contributed by atoms with Gasteiger partial charge in [-0.3, -0.25) is 9.59 Å². The molecule has 1 aromatic rings. The summed E-state index contributed by atoms with van der Waals surface area (Å²) in [6.07, 6.45) is 3.45. The highest BCUT2D eigenvalue weighted by Crippen LogP contribution is 2.45. The van der Waals surface area contributed by atoms with Gasteiger partial charge in [-0.05, 0) is 30.5 Å². The smallest absolute Gasteiger partial charge is 0.314 e. The first-order chi connectivity index (χ1) is 9.58. The number of carboxylic acids is 1. The maximum atomic E-state index is 11.8. The molecule has 0 radical (unpaired) electrons. The lowest BCUT2D eigenvalue weighted by atomic mass is 9.76. The predicted molar refractivity (Wildman–Crippen MR) is 72.7 cm³/mol. The largest absolute Gasteiger partial charge is 0.493 e. The number of carboxylic acid groups (broad SMARTS) is 1. The van der Waals surface area contributed by atoms with Crippen LogP contribution in [0, 0.1) is 0 Å². The second kappa shape index (κ2) is 5.53. The van der Waals surface area contributed by atoms with Gasteiger partial charge in [-0.2, -0.15) is 0 Å². The highest BCUT2D eigenvalue weighted by molar-refractivity contribution is 5.88. The summed E-state index contributed by atoms with van der Waals surface area (Å²) in [5, 5.41) is 9.64.